The summed E-state index contributed by atoms with van der Waals surface area (Å²) in [5.74, 6) is 0.713. The van der Waals surface area contributed by atoms with Gasteiger partial charge in [-0.25, -0.2) is 0 Å². The lowest BCUT2D eigenvalue weighted by Crippen LogP contribution is -2.43. The smallest absolute Gasteiger partial charge is 0.0486 e. The van der Waals surface area contributed by atoms with Crippen LogP contribution in [0.25, 0.3) is 10.9 Å². The molecule has 0 amide bonds. The van der Waals surface area contributed by atoms with Gasteiger partial charge in [0.05, 0.1) is 0 Å². The first-order valence-electron chi connectivity index (χ1n) is 9.78. The maximum Gasteiger partial charge on any atom is 0.0486 e. The van der Waals surface area contributed by atoms with E-state index in [1.165, 1.54) is 43.3 Å². The Kier molecular flexibility index (Phi) is 3.86. The largest absolute Gasteiger partial charge is 0.347 e. The van der Waals surface area contributed by atoms with Crippen LogP contribution in [-0.2, 0) is 19.4 Å². The van der Waals surface area contributed by atoms with Gasteiger partial charge in [0.2, 0.25) is 0 Å². The first-order chi connectivity index (χ1) is 12.4. The number of fused-ring (bicyclic) bond motifs is 2. The minimum atomic E-state index is 0.645. The molecule has 0 bridgehead atoms. The topological polar surface area (TPSA) is 17.0 Å². The van der Waals surface area contributed by atoms with E-state index in [1.54, 1.807) is 16.5 Å². The van der Waals surface area contributed by atoms with E-state index in [1.807, 2.05) is 0 Å². The zero-order chi connectivity index (χ0) is 16.6. The summed E-state index contributed by atoms with van der Waals surface area (Å²) >= 11 is 0. The van der Waals surface area contributed by atoms with Crippen molar-refractivity contribution in [3.05, 3.63) is 71.4 Å². The van der Waals surface area contributed by atoms with Crippen LogP contribution in [0.1, 0.15) is 41.9 Å². The molecule has 0 radical (unpaired) electrons. The van der Waals surface area contributed by atoms with E-state index < -0.39 is 0 Å². The average molecular weight is 330 g/mol. The van der Waals surface area contributed by atoms with Gasteiger partial charge in [0, 0.05) is 35.6 Å². The van der Waals surface area contributed by atoms with Crippen LogP contribution < -0.4 is 5.32 Å². The molecular weight excluding hydrogens is 304 g/mol. The highest BCUT2D eigenvalue weighted by Crippen LogP contribution is 2.41. The third-order valence-corrected chi connectivity index (χ3v) is 6.15. The highest BCUT2D eigenvalue weighted by atomic mass is 15.0. The van der Waals surface area contributed by atoms with Gasteiger partial charge in [-0.3, -0.25) is 0 Å². The van der Waals surface area contributed by atoms with E-state index in [-0.39, 0.29) is 0 Å². The molecular formula is C23H26N2. The summed E-state index contributed by atoms with van der Waals surface area (Å²) < 4.78 is 2.51. The Balaban J connectivity index is 1.43. The Morgan fingerprint density at radius 3 is 2.88 bits per heavy atom. The number of nitrogens with zero attached hydrogens (tertiary/aromatic N) is 1. The van der Waals surface area contributed by atoms with Gasteiger partial charge in [-0.05, 0) is 61.4 Å². The molecule has 3 aromatic rings. The molecule has 2 unspecified atom stereocenters. The molecule has 0 saturated carbocycles. The Morgan fingerprint density at radius 1 is 1.04 bits per heavy atom. The second-order valence-electron chi connectivity index (χ2n) is 7.69. The lowest BCUT2D eigenvalue weighted by molar-refractivity contribution is 0.345. The molecule has 1 saturated heterocycles. The molecule has 1 N–H and O–H groups in total. The molecule has 2 nitrogen and oxygen atoms in total. The lowest BCUT2D eigenvalue weighted by atomic mass is 9.76. The van der Waals surface area contributed by atoms with Crippen molar-refractivity contribution < 1.29 is 0 Å². The third kappa shape index (κ3) is 2.69. The highest BCUT2D eigenvalue weighted by Gasteiger charge is 2.33. The summed E-state index contributed by atoms with van der Waals surface area (Å²) in [7, 11) is 0. The standard InChI is InChI=1S/C23H26N2/c1-2-7-17(8-3-1)9-6-14-25-16-18-15-21-19(11-5-13-24-21)20-10-4-12-22(25)23(18)20/h1-4,7-8,10,12,16,19,21,24H,5-6,9,11,13-15H2. The number of hydrogen-bond donors (Lipinski definition) is 1. The molecule has 2 atom stereocenters. The monoisotopic (exact) mass is 330 g/mol. The predicted octanol–water partition coefficient (Wildman–Crippen LogP) is 4.67. The van der Waals surface area contributed by atoms with E-state index in [4.69, 9.17) is 0 Å². The Bertz CT molecular complexity index is 878. The molecule has 128 valence electrons. The fraction of sp³-hybridized carbons (Fsp3) is 0.391. The first-order valence-corrected chi connectivity index (χ1v) is 9.78. The molecule has 5 rings (SSSR count). The van der Waals surface area contributed by atoms with Crippen LogP contribution in [0.4, 0.5) is 0 Å². The van der Waals surface area contributed by atoms with E-state index in [0.717, 1.165) is 13.0 Å². The average Bonchev–Trinajstić information content (AvgIpc) is 3.02. The number of aromatic nitrogens is 1. The van der Waals surface area contributed by atoms with Crippen LogP contribution in [0.3, 0.4) is 0 Å². The van der Waals surface area contributed by atoms with E-state index in [9.17, 15) is 0 Å². The van der Waals surface area contributed by atoms with Crippen molar-refractivity contribution >= 4 is 10.9 Å². The van der Waals surface area contributed by atoms with Crippen LogP contribution in [0.2, 0.25) is 0 Å². The Morgan fingerprint density at radius 2 is 1.96 bits per heavy atom. The van der Waals surface area contributed by atoms with Crippen LogP contribution >= 0.6 is 0 Å². The quantitative estimate of drug-likeness (QED) is 0.736. The summed E-state index contributed by atoms with van der Waals surface area (Å²) in [6.07, 6.45) is 8.64. The Hall–Kier alpha value is -2.06. The summed E-state index contributed by atoms with van der Waals surface area (Å²) in [5, 5.41) is 5.33. The fourth-order valence-electron chi connectivity index (χ4n) is 4.99. The maximum atomic E-state index is 3.77. The highest BCUT2D eigenvalue weighted by molar-refractivity contribution is 5.89. The molecule has 1 aliphatic heterocycles. The summed E-state index contributed by atoms with van der Waals surface area (Å²) in [5.41, 5.74) is 6.04. The van der Waals surface area contributed by atoms with E-state index in [0.29, 0.717) is 12.0 Å². The molecule has 1 aromatic heterocycles. The van der Waals surface area contributed by atoms with Gasteiger partial charge in [-0.2, -0.15) is 0 Å². The van der Waals surface area contributed by atoms with Crippen molar-refractivity contribution in [1.29, 1.82) is 0 Å². The zero-order valence-electron chi connectivity index (χ0n) is 14.7. The number of aryl methyl sites for hydroxylation is 2. The van der Waals surface area contributed by atoms with Gasteiger partial charge >= 0.3 is 0 Å². The van der Waals surface area contributed by atoms with Gasteiger partial charge in [0.1, 0.15) is 0 Å². The van der Waals surface area contributed by atoms with Gasteiger partial charge in [0.25, 0.3) is 0 Å². The molecule has 1 fully saturated rings. The van der Waals surface area contributed by atoms with Crippen molar-refractivity contribution in [2.45, 2.75) is 50.6 Å². The van der Waals surface area contributed by atoms with E-state index >= 15 is 0 Å². The number of nitrogens with one attached hydrogen (secondary N) is 1. The van der Waals surface area contributed by atoms with Crippen LogP contribution in [0.5, 0.6) is 0 Å². The zero-order valence-corrected chi connectivity index (χ0v) is 14.7. The predicted molar refractivity (Wildman–Crippen MR) is 104 cm³/mol. The molecule has 1 aliphatic carbocycles. The van der Waals surface area contributed by atoms with Gasteiger partial charge in [-0.1, -0.05) is 42.5 Å². The summed E-state index contributed by atoms with van der Waals surface area (Å²) in [6.45, 7) is 2.29. The van der Waals surface area contributed by atoms with Crippen molar-refractivity contribution in [2.75, 3.05) is 6.54 Å². The number of hydrogen-bond acceptors (Lipinski definition) is 1. The number of rotatable bonds is 4. The van der Waals surface area contributed by atoms with Crippen molar-refractivity contribution in [3.63, 3.8) is 0 Å². The van der Waals surface area contributed by atoms with Crippen molar-refractivity contribution in [1.82, 2.24) is 9.88 Å². The van der Waals surface area contributed by atoms with Crippen LogP contribution in [-0.4, -0.2) is 17.2 Å². The fourth-order valence-corrected chi connectivity index (χ4v) is 4.99. The maximum absolute atomic E-state index is 3.77. The van der Waals surface area contributed by atoms with Crippen molar-refractivity contribution in [3.8, 4) is 0 Å². The van der Waals surface area contributed by atoms with E-state index in [2.05, 4.69) is 64.6 Å². The number of benzene rings is 2. The molecule has 2 aliphatic rings. The second kappa shape index (κ2) is 6.34. The van der Waals surface area contributed by atoms with Crippen molar-refractivity contribution in [2.24, 2.45) is 0 Å². The molecule has 0 spiro atoms. The molecule has 2 heterocycles. The molecule has 2 heteroatoms. The van der Waals surface area contributed by atoms with Crippen LogP contribution in [0, 0.1) is 0 Å². The first kappa shape index (κ1) is 15.2. The number of piperidine rings is 1. The normalized spacial score (nSPS) is 22.1. The summed E-state index contributed by atoms with van der Waals surface area (Å²) in [4.78, 5) is 0. The van der Waals surface area contributed by atoms with Gasteiger partial charge in [0.15, 0.2) is 0 Å². The SMILES string of the molecule is c1ccc(CCCn2cc3c4c(cccc42)C2CCCNC2C3)cc1. The van der Waals surface area contributed by atoms with Gasteiger partial charge < -0.3 is 9.88 Å². The minimum absolute atomic E-state index is 0.645. The van der Waals surface area contributed by atoms with Crippen LogP contribution in [0.15, 0.2) is 54.7 Å². The summed E-state index contributed by atoms with van der Waals surface area (Å²) in [6, 6.07) is 18.5. The lowest BCUT2D eigenvalue weighted by Gasteiger charge is -2.36. The van der Waals surface area contributed by atoms with Gasteiger partial charge in [-0.15, -0.1) is 0 Å². The molecule has 25 heavy (non-hydrogen) atoms. The Labute approximate surface area is 149 Å². The minimum Gasteiger partial charge on any atom is -0.347 e. The third-order valence-electron chi connectivity index (χ3n) is 6.15. The molecule has 2 aromatic carbocycles. The second-order valence-corrected chi connectivity index (χ2v) is 7.69.